The largest absolute Gasteiger partial charge is 0.409 e. The molecule has 0 spiro atoms. The lowest BCUT2D eigenvalue weighted by molar-refractivity contribution is -0.170. The van der Waals surface area contributed by atoms with Crippen molar-refractivity contribution in [1.29, 1.82) is 0 Å². The first kappa shape index (κ1) is 18.7. The van der Waals surface area contributed by atoms with Crippen molar-refractivity contribution in [2.45, 2.75) is 38.5 Å². The molecule has 3 heterocycles. The van der Waals surface area contributed by atoms with E-state index < -0.39 is 17.8 Å². The highest BCUT2D eigenvalue weighted by molar-refractivity contribution is 5.80. The molecule has 0 aromatic carbocycles. The van der Waals surface area contributed by atoms with Crippen LogP contribution in [0.3, 0.4) is 0 Å². The van der Waals surface area contributed by atoms with E-state index in [2.05, 4.69) is 4.98 Å². The van der Waals surface area contributed by atoms with Gasteiger partial charge in [0.05, 0.1) is 25.8 Å². The normalized spacial score (nSPS) is 23.7. The van der Waals surface area contributed by atoms with Crippen molar-refractivity contribution >= 4 is 17.5 Å². The van der Waals surface area contributed by atoms with E-state index in [0.717, 1.165) is 6.07 Å². The summed E-state index contributed by atoms with van der Waals surface area (Å²) >= 11 is 0. The molecule has 10 heteroatoms. The molecule has 1 aromatic rings. The van der Waals surface area contributed by atoms with Crippen LogP contribution in [-0.4, -0.2) is 60.4 Å². The third-order valence-corrected chi connectivity index (χ3v) is 4.64. The number of Topliss-reactive ketones (excluding diaryl/α,β-unsaturated/α-hetero) is 1. The van der Waals surface area contributed by atoms with E-state index in [-0.39, 0.29) is 37.3 Å². The van der Waals surface area contributed by atoms with Gasteiger partial charge in [-0.2, -0.15) is 18.2 Å². The maximum Gasteiger partial charge on any atom is 0.409 e. The van der Waals surface area contributed by atoms with Crippen LogP contribution in [0.5, 0.6) is 0 Å². The number of ether oxygens (including phenoxy) is 1. The topological polar surface area (TPSA) is 67.7 Å². The van der Waals surface area contributed by atoms with Gasteiger partial charge in [-0.15, -0.1) is 0 Å². The average molecular weight is 374 g/mol. The van der Waals surface area contributed by atoms with Gasteiger partial charge in [0.15, 0.2) is 0 Å². The highest BCUT2D eigenvalue weighted by Crippen LogP contribution is 2.38. The van der Waals surface area contributed by atoms with Crippen molar-refractivity contribution in [2.24, 2.45) is 0 Å². The van der Waals surface area contributed by atoms with Gasteiger partial charge in [-0.3, -0.25) is 14.2 Å². The fraction of sp³-hybridized carbons (Fsp3) is 0.688. The minimum absolute atomic E-state index is 0.0122. The fourth-order valence-corrected chi connectivity index (χ4v) is 3.43. The first-order valence-corrected chi connectivity index (χ1v) is 8.47. The number of carbonyl (C=O) groups is 1. The third-order valence-electron chi connectivity index (χ3n) is 4.64. The summed E-state index contributed by atoms with van der Waals surface area (Å²) in [5.74, 6) is 0.00444. The van der Waals surface area contributed by atoms with E-state index in [1.165, 1.54) is 11.8 Å². The summed E-state index contributed by atoms with van der Waals surface area (Å²) in [4.78, 5) is 31.7. The van der Waals surface area contributed by atoms with Crippen LogP contribution in [0, 0.1) is 0 Å². The van der Waals surface area contributed by atoms with Crippen LogP contribution in [0.4, 0.5) is 24.9 Å². The molecule has 0 radical (unpaired) electrons. The number of aromatic nitrogens is 2. The van der Waals surface area contributed by atoms with Gasteiger partial charge in [-0.25, -0.2) is 0 Å². The number of halogens is 3. The van der Waals surface area contributed by atoms with Crippen LogP contribution < -0.4 is 15.4 Å². The Bertz CT molecular complexity index is 749. The lowest BCUT2D eigenvalue weighted by Gasteiger charge is -2.38. The number of alkyl halides is 3. The second-order valence-electron chi connectivity index (χ2n) is 6.71. The second-order valence-corrected chi connectivity index (χ2v) is 6.71. The van der Waals surface area contributed by atoms with E-state index in [4.69, 9.17) is 4.74 Å². The first-order valence-electron chi connectivity index (χ1n) is 8.47. The zero-order valence-corrected chi connectivity index (χ0v) is 14.6. The Morgan fingerprint density at radius 2 is 2.12 bits per heavy atom. The third kappa shape index (κ3) is 3.55. The van der Waals surface area contributed by atoms with Gasteiger partial charge in [0, 0.05) is 19.2 Å². The monoisotopic (exact) mass is 374 g/mol. The van der Waals surface area contributed by atoms with E-state index in [1.54, 1.807) is 0 Å². The number of morpholine rings is 1. The number of anilines is 2. The van der Waals surface area contributed by atoms with Gasteiger partial charge in [0.1, 0.15) is 17.6 Å². The van der Waals surface area contributed by atoms with Crippen molar-refractivity contribution in [1.82, 2.24) is 9.55 Å². The zero-order chi connectivity index (χ0) is 19.1. The molecule has 2 atom stereocenters. The number of rotatable bonds is 3. The summed E-state index contributed by atoms with van der Waals surface area (Å²) in [6, 6.07) is -0.847. The molecule has 7 nitrogen and oxygen atoms in total. The predicted octanol–water partition coefficient (Wildman–Crippen LogP) is 1.37. The zero-order valence-electron chi connectivity index (χ0n) is 14.6. The molecule has 1 fully saturated rings. The minimum Gasteiger partial charge on any atom is -0.377 e. The molecule has 144 valence electrons. The second kappa shape index (κ2) is 6.90. The van der Waals surface area contributed by atoms with Gasteiger partial charge in [-0.05, 0) is 20.3 Å². The Kier molecular flexibility index (Phi) is 4.96. The maximum absolute atomic E-state index is 13.4. The van der Waals surface area contributed by atoms with Crippen LogP contribution in [0.25, 0.3) is 0 Å². The molecule has 0 saturated carbocycles. The predicted molar refractivity (Wildman–Crippen MR) is 88.7 cm³/mol. The number of nitrogens with zero attached hydrogens (tertiary/aromatic N) is 4. The summed E-state index contributed by atoms with van der Waals surface area (Å²) in [6.45, 7) is 4.56. The molecule has 2 unspecified atom stereocenters. The molecule has 0 aliphatic carbocycles. The molecule has 3 rings (SSSR count). The van der Waals surface area contributed by atoms with Crippen LogP contribution in [0.1, 0.15) is 26.3 Å². The van der Waals surface area contributed by atoms with Crippen LogP contribution in [0.15, 0.2) is 10.9 Å². The number of hydrogen-bond acceptors (Lipinski definition) is 6. The van der Waals surface area contributed by atoms with Gasteiger partial charge in [0.2, 0.25) is 5.95 Å². The molecule has 26 heavy (non-hydrogen) atoms. The van der Waals surface area contributed by atoms with E-state index >= 15 is 0 Å². The lowest BCUT2D eigenvalue weighted by atomic mass is 10.1. The summed E-state index contributed by atoms with van der Waals surface area (Å²) in [5, 5.41) is 0. The SMILES string of the molecule is CC(=O)CN1CCC(C(F)(F)F)n2c1nc(N1CCOCC1C)cc2=O. The number of ketones is 1. The fourth-order valence-electron chi connectivity index (χ4n) is 3.43. The quantitative estimate of drug-likeness (QED) is 0.796. The number of fused-ring (bicyclic) bond motifs is 1. The summed E-state index contributed by atoms with van der Waals surface area (Å²) in [6.07, 6.45) is -4.85. The van der Waals surface area contributed by atoms with Gasteiger partial charge in [0.25, 0.3) is 5.56 Å². The van der Waals surface area contributed by atoms with E-state index in [1.807, 2.05) is 11.8 Å². The maximum atomic E-state index is 13.4. The van der Waals surface area contributed by atoms with Gasteiger partial charge in [-0.1, -0.05) is 0 Å². The Morgan fingerprint density at radius 1 is 1.38 bits per heavy atom. The molecule has 0 bridgehead atoms. The first-order chi connectivity index (χ1) is 12.2. The summed E-state index contributed by atoms with van der Waals surface area (Å²) in [5.41, 5.74) is -0.765. The Balaban J connectivity index is 2.09. The van der Waals surface area contributed by atoms with Crippen LogP contribution in [-0.2, 0) is 9.53 Å². The van der Waals surface area contributed by atoms with Crippen molar-refractivity contribution in [3.05, 3.63) is 16.4 Å². The Morgan fingerprint density at radius 3 is 2.73 bits per heavy atom. The van der Waals surface area contributed by atoms with Gasteiger partial charge < -0.3 is 14.5 Å². The highest BCUT2D eigenvalue weighted by Gasteiger charge is 2.45. The molecular weight excluding hydrogens is 353 g/mol. The molecule has 1 aromatic heterocycles. The van der Waals surface area contributed by atoms with Crippen molar-refractivity contribution in [3.8, 4) is 0 Å². The van der Waals surface area contributed by atoms with E-state index in [9.17, 15) is 22.8 Å². The number of carbonyl (C=O) groups excluding carboxylic acids is 1. The van der Waals surface area contributed by atoms with Gasteiger partial charge >= 0.3 is 6.18 Å². The van der Waals surface area contributed by atoms with Crippen LogP contribution in [0.2, 0.25) is 0 Å². The highest BCUT2D eigenvalue weighted by atomic mass is 19.4. The smallest absolute Gasteiger partial charge is 0.377 e. The lowest BCUT2D eigenvalue weighted by Crippen LogP contribution is -2.49. The Labute approximate surface area is 148 Å². The van der Waals surface area contributed by atoms with E-state index in [0.29, 0.717) is 30.1 Å². The van der Waals surface area contributed by atoms with Crippen molar-refractivity contribution in [3.63, 3.8) is 0 Å². The summed E-state index contributed by atoms with van der Waals surface area (Å²) < 4.78 is 46.2. The standard InChI is InChI=1S/C16H21F3N4O3/c1-10-9-26-6-5-22(10)13-7-14(25)23-12(16(17,18)19)3-4-21(8-11(2)24)15(23)20-13/h7,10,12H,3-6,8-9H2,1-2H3. The Hall–Kier alpha value is -2.10. The van der Waals surface area contributed by atoms with Crippen LogP contribution >= 0.6 is 0 Å². The van der Waals surface area contributed by atoms with Crippen molar-refractivity contribution in [2.75, 3.05) is 42.6 Å². The molecular formula is C16H21F3N4O3. The minimum atomic E-state index is -4.56. The summed E-state index contributed by atoms with van der Waals surface area (Å²) in [7, 11) is 0. The average Bonchev–Trinajstić information content (AvgIpc) is 2.54. The van der Waals surface area contributed by atoms with Crippen molar-refractivity contribution < 1.29 is 22.7 Å². The molecule has 1 saturated heterocycles. The number of hydrogen-bond donors (Lipinski definition) is 0. The molecule has 2 aliphatic heterocycles. The molecule has 2 aliphatic rings. The molecule has 0 amide bonds. The molecule has 0 N–H and O–H groups in total.